The molecule has 0 unspecified atom stereocenters. The van der Waals surface area contributed by atoms with Crippen LogP contribution in [0.2, 0.25) is 0 Å². The van der Waals surface area contributed by atoms with Gasteiger partial charge in [0.15, 0.2) is 17.4 Å². The van der Waals surface area contributed by atoms with Crippen LogP contribution < -0.4 is 5.32 Å². The zero-order valence-electron chi connectivity index (χ0n) is 10.2. The molecule has 94 valence electrons. The molecule has 2 rings (SSSR count). The number of aryl methyl sites for hydroxylation is 1. The second-order valence-corrected chi connectivity index (χ2v) is 3.84. The molecule has 0 fully saturated rings. The average molecular weight is 247 g/mol. The molecule has 0 radical (unpaired) electrons. The highest BCUT2D eigenvalue weighted by Crippen LogP contribution is 2.23. The van der Waals surface area contributed by atoms with Crippen LogP contribution in [0.5, 0.6) is 5.75 Å². The lowest BCUT2D eigenvalue weighted by atomic mass is 10.2. The standard InChI is InChI=1S/C13H14FN3O/c1-3-9-7-12(15-2)17-13(16-9)8-4-5-11(18)10(14)6-8/h4-7,18H,3H2,1-2H3,(H,15,16,17). The summed E-state index contributed by atoms with van der Waals surface area (Å²) < 4.78 is 13.3. The van der Waals surface area contributed by atoms with Gasteiger partial charge in [-0.05, 0) is 24.6 Å². The Morgan fingerprint density at radius 3 is 2.67 bits per heavy atom. The predicted molar refractivity (Wildman–Crippen MR) is 68.0 cm³/mol. The Hall–Kier alpha value is -2.17. The fourth-order valence-electron chi connectivity index (χ4n) is 1.58. The van der Waals surface area contributed by atoms with E-state index in [9.17, 15) is 4.39 Å². The van der Waals surface area contributed by atoms with E-state index in [1.807, 2.05) is 13.0 Å². The molecule has 2 aromatic rings. The molecule has 0 saturated heterocycles. The number of nitrogens with one attached hydrogen (secondary N) is 1. The Morgan fingerprint density at radius 2 is 2.06 bits per heavy atom. The lowest BCUT2D eigenvalue weighted by Crippen LogP contribution is -2.00. The number of nitrogens with zero attached hydrogens (tertiary/aromatic N) is 2. The van der Waals surface area contributed by atoms with Crippen molar-refractivity contribution in [3.63, 3.8) is 0 Å². The van der Waals surface area contributed by atoms with E-state index in [0.29, 0.717) is 17.2 Å². The lowest BCUT2D eigenvalue weighted by Gasteiger charge is -2.07. The molecule has 0 aliphatic carbocycles. The lowest BCUT2D eigenvalue weighted by molar-refractivity contribution is 0.432. The predicted octanol–water partition coefficient (Wildman–Crippen LogP) is 2.59. The Bertz CT molecular complexity index is 550. The van der Waals surface area contributed by atoms with Crippen LogP contribution >= 0.6 is 0 Å². The van der Waals surface area contributed by atoms with Gasteiger partial charge in [0.05, 0.1) is 0 Å². The van der Waals surface area contributed by atoms with Crippen LogP contribution in [0.15, 0.2) is 24.3 Å². The van der Waals surface area contributed by atoms with Crippen molar-refractivity contribution < 1.29 is 9.50 Å². The number of hydrogen-bond donors (Lipinski definition) is 2. The molecule has 0 aliphatic rings. The van der Waals surface area contributed by atoms with Crippen molar-refractivity contribution in [2.75, 3.05) is 12.4 Å². The minimum atomic E-state index is -0.677. The first-order valence-electron chi connectivity index (χ1n) is 5.68. The van der Waals surface area contributed by atoms with Crippen LogP contribution in [0.4, 0.5) is 10.2 Å². The third-order valence-corrected chi connectivity index (χ3v) is 2.60. The molecule has 18 heavy (non-hydrogen) atoms. The van der Waals surface area contributed by atoms with Crippen molar-refractivity contribution in [2.45, 2.75) is 13.3 Å². The first kappa shape index (κ1) is 12.3. The minimum Gasteiger partial charge on any atom is -0.505 e. The first-order valence-corrected chi connectivity index (χ1v) is 5.68. The molecule has 1 aromatic heterocycles. The summed E-state index contributed by atoms with van der Waals surface area (Å²) in [7, 11) is 1.77. The number of benzene rings is 1. The van der Waals surface area contributed by atoms with Crippen molar-refractivity contribution in [3.8, 4) is 17.1 Å². The van der Waals surface area contributed by atoms with Crippen molar-refractivity contribution in [1.29, 1.82) is 0 Å². The Labute approximate surface area is 105 Å². The second kappa shape index (κ2) is 5.00. The molecule has 0 aliphatic heterocycles. The maximum absolute atomic E-state index is 13.3. The highest BCUT2D eigenvalue weighted by molar-refractivity contribution is 5.59. The highest BCUT2D eigenvalue weighted by atomic mass is 19.1. The van der Waals surface area contributed by atoms with Gasteiger partial charge in [-0.1, -0.05) is 6.92 Å². The summed E-state index contributed by atoms with van der Waals surface area (Å²) in [4.78, 5) is 8.61. The van der Waals surface area contributed by atoms with Crippen LogP contribution in [0.25, 0.3) is 11.4 Å². The fraction of sp³-hybridized carbons (Fsp3) is 0.231. The molecule has 4 nitrogen and oxygen atoms in total. The van der Waals surface area contributed by atoms with Crippen molar-refractivity contribution in [3.05, 3.63) is 35.8 Å². The van der Waals surface area contributed by atoms with Gasteiger partial charge in [0.2, 0.25) is 0 Å². The summed E-state index contributed by atoms with van der Waals surface area (Å²) in [5.74, 6) is 0.0752. The molecule has 2 N–H and O–H groups in total. The number of anilines is 1. The third-order valence-electron chi connectivity index (χ3n) is 2.60. The Morgan fingerprint density at radius 1 is 1.28 bits per heavy atom. The molecule has 0 spiro atoms. The quantitative estimate of drug-likeness (QED) is 0.875. The molecule has 0 bridgehead atoms. The summed E-state index contributed by atoms with van der Waals surface area (Å²) in [6.45, 7) is 1.99. The normalized spacial score (nSPS) is 10.4. The van der Waals surface area contributed by atoms with E-state index in [4.69, 9.17) is 5.11 Å². The van der Waals surface area contributed by atoms with E-state index in [1.165, 1.54) is 12.1 Å². The van der Waals surface area contributed by atoms with Crippen LogP contribution in [0, 0.1) is 5.82 Å². The van der Waals surface area contributed by atoms with E-state index in [1.54, 1.807) is 13.1 Å². The molecule has 0 saturated carbocycles. The van der Waals surface area contributed by atoms with E-state index in [0.717, 1.165) is 12.1 Å². The second-order valence-electron chi connectivity index (χ2n) is 3.84. The number of aromatic hydroxyl groups is 1. The molecular weight excluding hydrogens is 233 g/mol. The first-order chi connectivity index (χ1) is 8.63. The average Bonchev–Trinajstić information content (AvgIpc) is 2.41. The van der Waals surface area contributed by atoms with Gasteiger partial charge >= 0.3 is 0 Å². The molecule has 0 amide bonds. The monoisotopic (exact) mass is 247 g/mol. The van der Waals surface area contributed by atoms with Gasteiger partial charge in [-0.15, -0.1) is 0 Å². The topological polar surface area (TPSA) is 58.0 Å². The molecule has 1 heterocycles. The smallest absolute Gasteiger partial charge is 0.165 e. The van der Waals surface area contributed by atoms with E-state index < -0.39 is 5.82 Å². The molecule has 5 heteroatoms. The van der Waals surface area contributed by atoms with Crippen molar-refractivity contribution >= 4 is 5.82 Å². The summed E-state index contributed by atoms with van der Waals surface area (Å²) in [6.07, 6.45) is 0.769. The van der Waals surface area contributed by atoms with Crippen LogP contribution in [-0.2, 0) is 6.42 Å². The summed E-state index contributed by atoms with van der Waals surface area (Å²) in [5.41, 5.74) is 1.41. The van der Waals surface area contributed by atoms with Crippen LogP contribution in [0.3, 0.4) is 0 Å². The van der Waals surface area contributed by atoms with Gasteiger partial charge in [0, 0.05) is 24.4 Å². The molecule has 0 atom stereocenters. The minimum absolute atomic E-state index is 0.376. The largest absolute Gasteiger partial charge is 0.505 e. The SMILES string of the molecule is CCc1cc(NC)nc(-c2ccc(O)c(F)c2)n1. The molecule has 1 aromatic carbocycles. The number of phenols is 1. The van der Waals surface area contributed by atoms with Crippen LogP contribution in [-0.4, -0.2) is 22.1 Å². The Balaban J connectivity index is 2.51. The van der Waals surface area contributed by atoms with E-state index in [-0.39, 0.29) is 5.75 Å². The maximum atomic E-state index is 13.3. The van der Waals surface area contributed by atoms with Gasteiger partial charge in [-0.3, -0.25) is 0 Å². The zero-order valence-corrected chi connectivity index (χ0v) is 10.2. The Kier molecular flexibility index (Phi) is 3.41. The maximum Gasteiger partial charge on any atom is 0.165 e. The number of aromatic nitrogens is 2. The molecular formula is C13H14FN3O. The highest BCUT2D eigenvalue weighted by Gasteiger charge is 2.08. The van der Waals surface area contributed by atoms with Gasteiger partial charge in [0.1, 0.15) is 5.82 Å². The summed E-state index contributed by atoms with van der Waals surface area (Å²) in [5, 5.41) is 12.1. The third kappa shape index (κ3) is 2.40. The van der Waals surface area contributed by atoms with Gasteiger partial charge in [-0.2, -0.15) is 0 Å². The van der Waals surface area contributed by atoms with Crippen LogP contribution in [0.1, 0.15) is 12.6 Å². The van der Waals surface area contributed by atoms with Crippen molar-refractivity contribution in [1.82, 2.24) is 9.97 Å². The zero-order chi connectivity index (χ0) is 13.1. The summed E-state index contributed by atoms with van der Waals surface area (Å²) in [6, 6.07) is 5.96. The van der Waals surface area contributed by atoms with E-state index in [2.05, 4.69) is 15.3 Å². The number of rotatable bonds is 3. The van der Waals surface area contributed by atoms with Gasteiger partial charge < -0.3 is 10.4 Å². The van der Waals surface area contributed by atoms with Crippen molar-refractivity contribution in [2.24, 2.45) is 0 Å². The summed E-state index contributed by atoms with van der Waals surface area (Å²) >= 11 is 0. The number of halogens is 1. The fourth-order valence-corrected chi connectivity index (χ4v) is 1.58. The number of hydrogen-bond acceptors (Lipinski definition) is 4. The van der Waals surface area contributed by atoms with E-state index >= 15 is 0 Å². The van der Waals surface area contributed by atoms with Gasteiger partial charge in [-0.25, -0.2) is 14.4 Å². The van der Waals surface area contributed by atoms with Gasteiger partial charge in [0.25, 0.3) is 0 Å². The number of phenolic OH excluding ortho intramolecular Hbond substituents is 1.